The van der Waals surface area contributed by atoms with E-state index in [2.05, 4.69) is 4.74 Å². The highest BCUT2D eigenvalue weighted by Gasteiger charge is 2.11. The Hall–Kier alpha value is -1.55. The van der Waals surface area contributed by atoms with Crippen LogP contribution in [0.15, 0.2) is 30.3 Å². The van der Waals surface area contributed by atoms with Gasteiger partial charge in [0.2, 0.25) is 6.29 Å². The molecular weight excluding hydrogens is 160 g/mol. The zero-order valence-corrected chi connectivity index (χ0v) is 6.14. The van der Waals surface area contributed by atoms with Gasteiger partial charge in [0.1, 0.15) is 0 Å². The summed E-state index contributed by atoms with van der Waals surface area (Å²) in [5.41, 5.74) is 0.377. The molecule has 12 heavy (non-hydrogen) atoms. The van der Waals surface area contributed by atoms with E-state index in [9.17, 15) is 9.90 Å². The van der Waals surface area contributed by atoms with Crippen LogP contribution in [0.25, 0.3) is 0 Å². The quantitative estimate of drug-likeness (QED) is 0.532. The lowest BCUT2D eigenvalue weighted by Gasteiger charge is -2.07. The normalized spacial score (nSPS) is 12.1. The minimum Gasteiger partial charge on any atom is -0.398 e. The largest absolute Gasteiger partial charge is 0.552 e. The Balaban J connectivity index is 2.65. The summed E-state index contributed by atoms with van der Waals surface area (Å²) < 4.78 is 4.00. The van der Waals surface area contributed by atoms with Crippen molar-refractivity contribution in [2.24, 2.45) is 0 Å². The third-order valence-corrected chi connectivity index (χ3v) is 1.29. The molecule has 0 saturated heterocycles. The molecule has 0 aliphatic heterocycles. The zero-order chi connectivity index (χ0) is 8.97. The molecule has 4 heteroatoms. The standard InChI is InChI=1S/C8H7O4/c9-7(12-8(10)11)6-4-2-1-3-5-6/h1-5,7,9H. The van der Waals surface area contributed by atoms with E-state index in [1.54, 1.807) is 30.3 Å². The van der Waals surface area contributed by atoms with Crippen LogP contribution in [0, 0.1) is 0 Å². The second-order valence-corrected chi connectivity index (χ2v) is 2.13. The van der Waals surface area contributed by atoms with Gasteiger partial charge in [0, 0.05) is 5.56 Å². The smallest absolute Gasteiger partial charge is 0.398 e. The second-order valence-electron chi connectivity index (χ2n) is 2.13. The van der Waals surface area contributed by atoms with Crippen LogP contribution in [-0.2, 0) is 9.84 Å². The number of hydrogen-bond donors (Lipinski definition) is 1. The Morgan fingerprint density at radius 2 is 1.92 bits per heavy atom. The van der Waals surface area contributed by atoms with Crippen LogP contribution in [0.5, 0.6) is 0 Å². The van der Waals surface area contributed by atoms with Gasteiger partial charge >= 0.3 is 6.16 Å². The van der Waals surface area contributed by atoms with Crippen LogP contribution < -0.4 is 0 Å². The van der Waals surface area contributed by atoms with Gasteiger partial charge in [-0.1, -0.05) is 30.3 Å². The highest BCUT2D eigenvalue weighted by molar-refractivity contribution is 5.56. The molecule has 1 radical (unpaired) electrons. The number of rotatable bonds is 2. The van der Waals surface area contributed by atoms with Crippen molar-refractivity contribution in [1.29, 1.82) is 0 Å². The van der Waals surface area contributed by atoms with Crippen LogP contribution in [0.1, 0.15) is 11.9 Å². The van der Waals surface area contributed by atoms with Crippen molar-refractivity contribution in [3.05, 3.63) is 35.9 Å². The van der Waals surface area contributed by atoms with Crippen molar-refractivity contribution in [3.63, 3.8) is 0 Å². The van der Waals surface area contributed by atoms with Crippen LogP contribution in [0.4, 0.5) is 4.79 Å². The van der Waals surface area contributed by atoms with Crippen molar-refractivity contribution in [1.82, 2.24) is 0 Å². The average molecular weight is 167 g/mol. The fraction of sp³-hybridized carbons (Fsp3) is 0.125. The van der Waals surface area contributed by atoms with E-state index < -0.39 is 12.4 Å². The summed E-state index contributed by atoms with van der Waals surface area (Å²) in [6.45, 7) is 0. The van der Waals surface area contributed by atoms with E-state index in [0.29, 0.717) is 5.56 Å². The van der Waals surface area contributed by atoms with Crippen molar-refractivity contribution >= 4 is 6.16 Å². The predicted molar refractivity (Wildman–Crippen MR) is 38.6 cm³/mol. The third kappa shape index (κ3) is 2.25. The van der Waals surface area contributed by atoms with Gasteiger partial charge in [0.15, 0.2) is 0 Å². The first-order chi connectivity index (χ1) is 5.70. The summed E-state index contributed by atoms with van der Waals surface area (Å²) in [4.78, 5) is 9.89. The van der Waals surface area contributed by atoms with Gasteiger partial charge in [-0.3, -0.25) is 0 Å². The van der Waals surface area contributed by atoms with Crippen LogP contribution in [0.2, 0.25) is 0 Å². The van der Waals surface area contributed by atoms with Gasteiger partial charge in [-0.25, -0.2) is 0 Å². The van der Waals surface area contributed by atoms with Crippen molar-refractivity contribution < 1.29 is 19.7 Å². The lowest BCUT2D eigenvalue weighted by molar-refractivity contribution is -0.0812. The molecule has 0 spiro atoms. The Bertz CT molecular complexity index is 257. The SMILES string of the molecule is [O]C(=O)OC(O)c1ccccc1. The summed E-state index contributed by atoms with van der Waals surface area (Å²) in [5.74, 6) is 0. The molecular formula is C8H7O4. The second kappa shape index (κ2) is 3.73. The first-order valence-electron chi connectivity index (χ1n) is 3.31. The van der Waals surface area contributed by atoms with Crippen LogP contribution >= 0.6 is 0 Å². The molecule has 1 N–H and O–H groups in total. The highest BCUT2D eigenvalue weighted by Crippen LogP contribution is 2.12. The molecule has 1 atom stereocenters. The minimum atomic E-state index is -1.74. The fourth-order valence-electron chi connectivity index (χ4n) is 0.777. The average Bonchev–Trinajstić information content (AvgIpc) is 2.05. The maximum Gasteiger partial charge on any atom is 0.552 e. The number of benzene rings is 1. The number of aliphatic hydroxyl groups is 1. The molecule has 0 fully saturated rings. The zero-order valence-electron chi connectivity index (χ0n) is 6.14. The van der Waals surface area contributed by atoms with E-state index in [-0.39, 0.29) is 0 Å². The van der Waals surface area contributed by atoms with E-state index in [1.165, 1.54) is 0 Å². The molecule has 0 aliphatic rings. The topological polar surface area (TPSA) is 66.4 Å². The molecule has 0 aliphatic carbocycles. The summed E-state index contributed by atoms with van der Waals surface area (Å²) in [5, 5.41) is 18.9. The Kier molecular flexibility index (Phi) is 2.66. The lowest BCUT2D eigenvalue weighted by Crippen LogP contribution is -2.06. The molecule has 0 aromatic heterocycles. The number of hydrogen-bond acceptors (Lipinski definition) is 3. The molecule has 1 aromatic rings. The monoisotopic (exact) mass is 167 g/mol. The van der Waals surface area contributed by atoms with E-state index in [4.69, 9.17) is 5.11 Å². The number of aliphatic hydroxyl groups excluding tert-OH is 1. The molecule has 0 bridgehead atoms. The first kappa shape index (κ1) is 8.55. The fourth-order valence-corrected chi connectivity index (χ4v) is 0.777. The summed E-state index contributed by atoms with van der Waals surface area (Å²) in [7, 11) is 0. The molecule has 0 heterocycles. The maximum atomic E-state index is 9.89. The first-order valence-corrected chi connectivity index (χ1v) is 3.31. The third-order valence-electron chi connectivity index (χ3n) is 1.29. The number of carbonyl (C=O) groups excluding carboxylic acids is 1. The van der Waals surface area contributed by atoms with Gasteiger partial charge in [0.25, 0.3) is 0 Å². The van der Waals surface area contributed by atoms with Gasteiger partial charge in [-0.05, 0) is 0 Å². The molecule has 1 rings (SSSR count). The summed E-state index contributed by atoms with van der Waals surface area (Å²) in [6, 6.07) is 8.17. The minimum absolute atomic E-state index is 0.377. The van der Waals surface area contributed by atoms with Crippen LogP contribution in [0.3, 0.4) is 0 Å². The summed E-state index contributed by atoms with van der Waals surface area (Å²) in [6.07, 6.45) is -3.21. The van der Waals surface area contributed by atoms with Crippen LogP contribution in [-0.4, -0.2) is 11.3 Å². The van der Waals surface area contributed by atoms with Gasteiger partial charge in [-0.2, -0.15) is 9.90 Å². The van der Waals surface area contributed by atoms with E-state index in [0.717, 1.165) is 0 Å². The Morgan fingerprint density at radius 3 is 2.42 bits per heavy atom. The summed E-state index contributed by atoms with van der Waals surface area (Å²) >= 11 is 0. The molecule has 0 saturated carbocycles. The highest BCUT2D eigenvalue weighted by atomic mass is 16.7. The predicted octanol–water partition coefficient (Wildman–Crippen LogP) is 1.24. The number of carbonyl (C=O) groups is 1. The number of ether oxygens (including phenoxy) is 1. The Labute approximate surface area is 69.0 Å². The molecule has 0 amide bonds. The van der Waals surface area contributed by atoms with Crippen molar-refractivity contribution in [2.45, 2.75) is 6.29 Å². The molecule has 63 valence electrons. The van der Waals surface area contributed by atoms with E-state index in [1.807, 2.05) is 0 Å². The van der Waals surface area contributed by atoms with Gasteiger partial charge in [0.05, 0.1) is 0 Å². The Morgan fingerprint density at radius 1 is 1.33 bits per heavy atom. The maximum absolute atomic E-state index is 9.89. The van der Waals surface area contributed by atoms with Gasteiger partial charge < -0.3 is 9.84 Å². The van der Waals surface area contributed by atoms with E-state index >= 15 is 0 Å². The molecule has 4 nitrogen and oxygen atoms in total. The van der Waals surface area contributed by atoms with Gasteiger partial charge in [-0.15, -0.1) is 0 Å². The molecule has 1 unspecified atom stereocenters. The molecule has 1 aromatic carbocycles. The van der Waals surface area contributed by atoms with Crippen molar-refractivity contribution in [3.8, 4) is 0 Å². The van der Waals surface area contributed by atoms with Crippen molar-refractivity contribution in [2.75, 3.05) is 0 Å². The lowest BCUT2D eigenvalue weighted by atomic mass is 10.2.